The van der Waals surface area contributed by atoms with Gasteiger partial charge in [0.25, 0.3) is 5.69 Å². The molecule has 0 amide bonds. The van der Waals surface area contributed by atoms with Gasteiger partial charge in [0.1, 0.15) is 17.4 Å². The Hall–Kier alpha value is -1.83. The number of nitrogens with one attached hydrogen (secondary N) is 1. The largest absolute Gasteiger partial charge is 0.490 e. The van der Waals surface area contributed by atoms with Gasteiger partial charge in [-0.1, -0.05) is 0 Å². The molecule has 8 heteroatoms. The third-order valence-corrected chi connectivity index (χ3v) is 3.06. The minimum Gasteiger partial charge on any atom is -0.490 e. The Morgan fingerprint density at radius 2 is 1.95 bits per heavy atom. The molecule has 1 N–H and O–H groups in total. The number of nitrogens with zero attached hydrogens (tertiary/aromatic N) is 1. The van der Waals surface area contributed by atoms with Crippen LogP contribution < -0.4 is 10.1 Å². The van der Waals surface area contributed by atoms with E-state index >= 15 is 0 Å². The summed E-state index contributed by atoms with van der Waals surface area (Å²) in [7, 11) is 0. The summed E-state index contributed by atoms with van der Waals surface area (Å²) in [5, 5.41) is 13.7. The van der Waals surface area contributed by atoms with Crippen LogP contribution in [0.1, 0.15) is 18.4 Å². The van der Waals surface area contributed by atoms with Crippen LogP contribution in [-0.4, -0.2) is 24.1 Å². The molecule has 0 aliphatic carbocycles. The average Bonchev–Trinajstić information content (AvgIpc) is 2.38. The van der Waals surface area contributed by atoms with E-state index in [2.05, 4.69) is 5.32 Å². The number of benzene rings is 1. The fourth-order valence-electron chi connectivity index (χ4n) is 2.08. The first-order valence-corrected chi connectivity index (χ1v) is 6.11. The second-order valence-electron chi connectivity index (χ2n) is 4.50. The number of rotatable bonds is 3. The third kappa shape index (κ3) is 3.38. The van der Waals surface area contributed by atoms with Crippen LogP contribution in [0.25, 0.3) is 0 Å². The summed E-state index contributed by atoms with van der Waals surface area (Å²) in [6.45, 7) is 1.48. The van der Waals surface area contributed by atoms with Crippen molar-refractivity contribution in [1.82, 2.24) is 5.32 Å². The van der Waals surface area contributed by atoms with Gasteiger partial charge >= 0.3 is 6.18 Å². The minimum absolute atomic E-state index is 0.00910. The zero-order chi connectivity index (χ0) is 14.8. The van der Waals surface area contributed by atoms with Gasteiger partial charge in [-0.25, -0.2) is 0 Å². The predicted molar refractivity (Wildman–Crippen MR) is 64.6 cm³/mol. The lowest BCUT2D eigenvalue weighted by Crippen LogP contribution is -2.34. The topological polar surface area (TPSA) is 64.4 Å². The van der Waals surface area contributed by atoms with Crippen LogP contribution in [0.4, 0.5) is 18.9 Å². The third-order valence-electron chi connectivity index (χ3n) is 3.06. The molecule has 0 aromatic heterocycles. The number of nitro benzene ring substituents is 1. The Bertz CT molecular complexity index is 499. The number of hydrogen-bond acceptors (Lipinski definition) is 4. The van der Waals surface area contributed by atoms with Crippen LogP contribution in [0.3, 0.4) is 0 Å². The minimum atomic E-state index is -4.78. The monoisotopic (exact) mass is 290 g/mol. The Labute approximate surface area is 112 Å². The second kappa shape index (κ2) is 5.66. The highest BCUT2D eigenvalue weighted by Crippen LogP contribution is 2.38. The van der Waals surface area contributed by atoms with E-state index in [1.54, 1.807) is 0 Å². The van der Waals surface area contributed by atoms with Gasteiger partial charge in [-0.05, 0) is 38.1 Å². The smallest absolute Gasteiger partial charge is 0.423 e. The Morgan fingerprint density at radius 3 is 2.50 bits per heavy atom. The molecule has 1 aliphatic heterocycles. The van der Waals surface area contributed by atoms with Crippen molar-refractivity contribution in [2.24, 2.45) is 0 Å². The zero-order valence-electron chi connectivity index (χ0n) is 10.4. The molecule has 0 atom stereocenters. The lowest BCUT2D eigenvalue weighted by atomic mass is 10.1. The van der Waals surface area contributed by atoms with Gasteiger partial charge in [-0.3, -0.25) is 10.1 Å². The van der Waals surface area contributed by atoms with Crippen LogP contribution in [0.5, 0.6) is 5.75 Å². The van der Waals surface area contributed by atoms with Gasteiger partial charge in [-0.2, -0.15) is 13.2 Å². The highest BCUT2D eigenvalue weighted by molar-refractivity contribution is 5.47. The Kier molecular flexibility index (Phi) is 4.12. The van der Waals surface area contributed by atoms with Crippen LogP contribution >= 0.6 is 0 Å². The lowest BCUT2D eigenvalue weighted by Gasteiger charge is -2.24. The van der Waals surface area contributed by atoms with E-state index < -0.39 is 22.4 Å². The maximum Gasteiger partial charge on any atom is 0.423 e. The van der Waals surface area contributed by atoms with E-state index in [0.717, 1.165) is 19.2 Å². The summed E-state index contributed by atoms with van der Waals surface area (Å²) in [6, 6.07) is 2.73. The van der Waals surface area contributed by atoms with E-state index in [0.29, 0.717) is 18.9 Å². The summed E-state index contributed by atoms with van der Waals surface area (Å²) in [5.74, 6) is 0.00910. The molecule has 20 heavy (non-hydrogen) atoms. The van der Waals surface area contributed by atoms with Crippen molar-refractivity contribution < 1.29 is 22.8 Å². The van der Waals surface area contributed by atoms with Gasteiger partial charge in [-0.15, -0.1) is 0 Å². The van der Waals surface area contributed by atoms with Gasteiger partial charge < -0.3 is 10.1 Å². The molecule has 0 bridgehead atoms. The fraction of sp³-hybridized carbons (Fsp3) is 0.500. The predicted octanol–water partition coefficient (Wildman–Crippen LogP) is 2.74. The van der Waals surface area contributed by atoms with E-state index in [1.165, 1.54) is 6.07 Å². The maximum absolute atomic E-state index is 12.8. The summed E-state index contributed by atoms with van der Waals surface area (Å²) < 4.78 is 43.9. The molecule has 110 valence electrons. The molecule has 2 rings (SSSR count). The van der Waals surface area contributed by atoms with Crippen molar-refractivity contribution >= 4 is 5.69 Å². The molecule has 1 aromatic carbocycles. The van der Waals surface area contributed by atoms with Crippen LogP contribution in [0.15, 0.2) is 18.2 Å². The van der Waals surface area contributed by atoms with Crippen molar-refractivity contribution in [3.05, 3.63) is 33.9 Å². The normalized spacial score (nSPS) is 16.9. The summed E-state index contributed by atoms with van der Waals surface area (Å²) in [6.07, 6.45) is -3.56. The standard InChI is InChI=1S/C12H13F3N2O3/c13-12(14,15)10-7-9(1-2-11(10)17(18)19)20-8-3-5-16-6-4-8/h1-2,7-8,16H,3-6H2. The van der Waals surface area contributed by atoms with Crippen molar-refractivity contribution in [2.75, 3.05) is 13.1 Å². The fourth-order valence-corrected chi connectivity index (χ4v) is 2.08. The molecular formula is C12H13F3N2O3. The molecule has 1 heterocycles. The first-order chi connectivity index (χ1) is 9.38. The van der Waals surface area contributed by atoms with E-state index in [9.17, 15) is 23.3 Å². The molecule has 0 radical (unpaired) electrons. The molecule has 0 unspecified atom stereocenters. The number of ether oxygens (including phenoxy) is 1. The van der Waals surface area contributed by atoms with Crippen molar-refractivity contribution in [1.29, 1.82) is 0 Å². The Balaban J connectivity index is 2.25. The van der Waals surface area contributed by atoms with E-state index in [-0.39, 0.29) is 11.9 Å². The molecule has 1 fully saturated rings. The van der Waals surface area contributed by atoms with E-state index in [1.807, 2.05) is 0 Å². The average molecular weight is 290 g/mol. The molecular weight excluding hydrogens is 277 g/mol. The molecule has 0 spiro atoms. The SMILES string of the molecule is O=[N+]([O-])c1ccc(OC2CCNCC2)cc1C(F)(F)F. The quantitative estimate of drug-likeness (QED) is 0.686. The molecule has 1 aromatic rings. The lowest BCUT2D eigenvalue weighted by molar-refractivity contribution is -0.388. The first kappa shape index (κ1) is 14.6. The van der Waals surface area contributed by atoms with Gasteiger partial charge in [0, 0.05) is 6.07 Å². The molecule has 1 saturated heterocycles. The number of halogens is 3. The number of nitro groups is 1. The van der Waals surface area contributed by atoms with Crippen LogP contribution in [0.2, 0.25) is 0 Å². The summed E-state index contributed by atoms with van der Waals surface area (Å²) >= 11 is 0. The second-order valence-corrected chi connectivity index (χ2v) is 4.50. The maximum atomic E-state index is 12.8. The van der Waals surface area contributed by atoms with Gasteiger partial charge in [0.15, 0.2) is 0 Å². The number of alkyl halides is 3. The summed E-state index contributed by atoms with van der Waals surface area (Å²) in [5.41, 5.74) is -2.25. The van der Waals surface area contributed by atoms with Gasteiger partial charge in [0.2, 0.25) is 0 Å². The van der Waals surface area contributed by atoms with Crippen LogP contribution in [0, 0.1) is 10.1 Å². The number of hydrogen-bond donors (Lipinski definition) is 1. The van der Waals surface area contributed by atoms with Gasteiger partial charge in [0.05, 0.1) is 4.92 Å². The highest BCUT2D eigenvalue weighted by atomic mass is 19.4. The summed E-state index contributed by atoms with van der Waals surface area (Å²) in [4.78, 5) is 9.58. The Morgan fingerprint density at radius 1 is 1.30 bits per heavy atom. The molecule has 5 nitrogen and oxygen atoms in total. The van der Waals surface area contributed by atoms with Crippen molar-refractivity contribution in [3.8, 4) is 5.75 Å². The van der Waals surface area contributed by atoms with Crippen molar-refractivity contribution in [2.45, 2.75) is 25.1 Å². The first-order valence-electron chi connectivity index (χ1n) is 6.11. The molecule has 1 aliphatic rings. The van der Waals surface area contributed by atoms with E-state index in [4.69, 9.17) is 4.74 Å². The molecule has 0 saturated carbocycles. The van der Waals surface area contributed by atoms with Crippen LogP contribution in [-0.2, 0) is 6.18 Å². The zero-order valence-corrected chi connectivity index (χ0v) is 10.4. The highest BCUT2D eigenvalue weighted by Gasteiger charge is 2.38. The number of piperidine rings is 1. The van der Waals surface area contributed by atoms with Crippen molar-refractivity contribution in [3.63, 3.8) is 0 Å².